The van der Waals surface area contributed by atoms with Crippen LogP contribution in [0.2, 0.25) is 18.1 Å². The Bertz CT molecular complexity index is 1330. The largest absolute Gasteiger partial charge is 0.417 e. The van der Waals surface area contributed by atoms with Crippen LogP contribution in [-0.2, 0) is 18.8 Å². The Labute approximate surface area is 211 Å². The number of rotatable bonds is 6. The maximum absolute atomic E-state index is 13.9. The van der Waals surface area contributed by atoms with Crippen LogP contribution in [-0.4, -0.2) is 42.9 Å². The van der Waals surface area contributed by atoms with Crippen LogP contribution in [0.5, 0.6) is 0 Å². The van der Waals surface area contributed by atoms with E-state index >= 15 is 0 Å². The van der Waals surface area contributed by atoms with E-state index in [-0.39, 0.29) is 22.5 Å². The SMILES string of the molecule is CC12C=CC(CCO[Si](C)(C)C(C)(C)C)(O1)C1C(=O)N(c3ccc([N+](=O)[O-])c4ccccc34)C(=O)C12. The highest BCUT2D eigenvalue weighted by atomic mass is 28.4. The molecular formula is C27H32N2O6Si. The number of carbonyl (C=O) groups excluding carboxylic acids is 2. The molecule has 3 aliphatic heterocycles. The normalized spacial score (nSPS) is 29.4. The highest BCUT2D eigenvalue weighted by molar-refractivity contribution is 6.74. The molecule has 2 saturated heterocycles. The number of carbonyl (C=O) groups is 2. The Morgan fingerprint density at radius 1 is 1.06 bits per heavy atom. The number of amides is 2. The number of nitrogens with zero attached hydrogens (tertiary/aromatic N) is 2. The molecule has 190 valence electrons. The van der Waals surface area contributed by atoms with Gasteiger partial charge >= 0.3 is 0 Å². The second kappa shape index (κ2) is 7.81. The highest BCUT2D eigenvalue weighted by Gasteiger charge is 2.72. The summed E-state index contributed by atoms with van der Waals surface area (Å²) >= 11 is 0. The molecule has 4 atom stereocenters. The molecule has 2 aromatic carbocycles. The number of ether oxygens (including phenoxy) is 1. The number of non-ortho nitro benzene ring substituents is 1. The van der Waals surface area contributed by atoms with Crippen LogP contribution in [0.4, 0.5) is 11.4 Å². The van der Waals surface area contributed by atoms with E-state index in [1.165, 1.54) is 17.0 Å². The van der Waals surface area contributed by atoms with Crippen LogP contribution in [0, 0.1) is 22.0 Å². The molecule has 9 heteroatoms. The Kier molecular flexibility index (Phi) is 5.38. The summed E-state index contributed by atoms with van der Waals surface area (Å²) in [6, 6.07) is 9.66. The van der Waals surface area contributed by atoms with E-state index < -0.39 is 36.3 Å². The van der Waals surface area contributed by atoms with Crippen molar-refractivity contribution in [1.29, 1.82) is 0 Å². The molecule has 5 rings (SSSR count). The first kappa shape index (κ1) is 24.8. The van der Waals surface area contributed by atoms with Crippen molar-refractivity contribution >= 4 is 42.3 Å². The number of nitro groups is 1. The monoisotopic (exact) mass is 508 g/mol. The fourth-order valence-electron chi connectivity index (χ4n) is 5.69. The van der Waals surface area contributed by atoms with Crippen molar-refractivity contribution < 1.29 is 23.7 Å². The second-order valence-corrected chi connectivity index (χ2v) is 16.6. The summed E-state index contributed by atoms with van der Waals surface area (Å²) < 4.78 is 12.8. The molecule has 2 amide bonds. The molecule has 8 nitrogen and oxygen atoms in total. The summed E-state index contributed by atoms with van der Waals surface area (Å²) in [7, 11) is -2.00. The Hall–Kier alpha value is -2.88. The van der Waals surface area contributed by atoms with E-state index in [2.05, 4.69) is 33.9 Å². The lowest BCUT2D eigenvalue weighted by Crippen LogP contribution is -2.44. The van der Waals surface area contributed by atoms with Gasteiger partial charge in [-0.2, -0.15) is 0 Å². The van der Waals surface area contributed by atoms with Crippen LogP contribution in [0.1, 0.15) is 34.1 Å². The van der Waals surface area contributed by atoms with Gasteiger partial charge in [-0.1, -0.05) is 51.1 Å². The molecular weight excluding hydrogens is 476 g/mol. The highest BCUT2D eigenvalue weighted by Crippen LogP contribution is 2.59. The molecule has 0 radical (unpaired) electrons. The standard InChI is InChI=1S/C27H32N2O6Si/c1-25(2,3)36(5,6)34-16-15-27-14-13-26(4,35-27)21-22(27)24(31)28(23(21)30)19-11-12-20(29(32)33)18-10-8-7-9-17(18)19/h7-14,21-22H,15-16H2,1-6H3. The van der Waals surface area contributed by atoms with Crippen LogP contribution >= 0.6 is 0 Å². The molecule has 0 saturated carbocycles. The summed E-state index contributed by atoms with van der Waals surface area (Å²) in [6.07, 6.45) is 4.32. The van der Waals surface area contributed by atoms with Crippen LogP contribution in [0.3, 0.4) is 0 Å². The average Bonchev–Trinajstić information content (AvgIpc) is 3.36. The number of nitro benzene ring substituents is 1. The van der Waals surface area contributed by atoms with Gasteiger partial charge in [0.1, 0.15) is 5.60 Å². The lowest BCUT2D eigenvalue weighted by molar-refractivity contribution is -0.383. The van der Waals surface area contributed by atoms with E-state index in [4.69, 9.17) is 9.16 Å². The Morgan fingerprint density at radius 3 is 2.33 bits per heavy atom. The topological polar surface area (TPSA) is 99.0 Å². The zero-order valence-electron chi connectivity index (χ0n) is 21.5. The van der Waals surface area contributed by atoms with Gasteiger partial charge in [-0.25, -0.2) is 4.90 Å². The summed E-state index contributed by atoms with van der Waals surface area (Å²) in [5, 5.41) is 12.5. The number of imide groups is 1. The quantitative estimate of drug-likeness (QED) is 0.171. The number of fused-ring (bicyclic) bond motifs is 6. The zero-order valence-corrected chi connectivity index (χ0v) is 22.5. The number of anilines is 1. The fraction of sp³-hybridized carbons (Fsp3) is 0.481. The minimum Gasteiger partial charge on any atom is -0.417 e. The first-order valence-electron chi connectivity index (χ1n) is 12.3. The molecule has 3 heterocycles. The van der Waals surface area contributed by atoms with Gasteiger partial charge in [0, 0.05) is 24.5 Å². The number of benzene rings is 2. The van der Waals surface area contributed by atoms with Crippen molar-refractivity contribution in [2.75, 3.05) is 11.5 Å². The van der Waals surface area contributed by atoms with Gasteiger partial charge in [0.25, 0.3) is 5.69 Å². The third-order valence-electron chi connectivity index (χ3n) is 8.63. The molecule has 2 bridgehead atoms. The van der Waals surface area contributed by atoms with Gasteiger partial charge in [0.05, 0.1) is 33.4 Å². The van der Waals surface area contributed by atoms with Gasteiger partial charge in [-0.05, 0) is 37.2 Å². The summed E-state index contributed by atoms with van der Waals surface area (Å²) in [5.41, 5.74) is -1.50. The molecule has 3 aliphatic rings. The average molecular weight is 509 g/mol. The third-order valence-corrected chi connectivity index (χ3v) is 13.2. The minimum absolute atomic E-state index is 0.0523. The summed E-state index contributed by atoms with van der Waals surface area (Å²) in [4.78, 5) is 40.1. The van der Waals surface area contributed by atoms with E-state index in [0.717, 1.165) is 0 Å². The van der Waals surface area contributed by atoms with Gasteiger partial charge in [0.2, 0.25) is 11.8 Å². The third kappa shape index (κ3) is 3.40. The van der Waals surface area contributed by atoms with Crippen molar-refractivity contribution in [1.82, 2.24) is 0 Å². The van der Waals surface area contributed by atoms with Gasteiger partial charge in [0.15, 0.2) is 8.32 Å². The van der Waals surface area contributed by atoms with Crippen LogP contribution in [0.25, 0.3) is 10.8 Å². The van der Waals surface area contributed by atoms with E-state index in [1.54, 1.807) is 24.3 Å². The lowest BCUT2D eigenvalue weighted by Gasteiger charge is -2.37. The predicted molar refractivity (Wildman–Crippen MR) is 139 cm³/mol. The fourth-order valence-corrected chi connectivity index (χ4v) is 6.73. The molecule has 0 aromatic heterocycles. The molecule has 0 N–H and O–H groups in total. The van der Waals surface area contributed by atoms with Crippen molar-refractivity contribution in [2.45, 2.75) is 63.5 Å². The van der Waals surface area contributed by atoms with Crippen LogP contribution < -0.4 is 4.90 Å². The molecule has 36 heavy (non-hydrogen) atoms. The molecule has 0 aliphatic carbocycles. The molecule has 2 aromatic rings. The summed E-state index contributed by atoms with van der Waals surface area (Å²) in [5.74, 6) is -1.98. The van der Waals surface area contributed by atoms with Crippen LogP contribution in [0.15, 0.2) is 48.6 Å². The second-order valence-electron chi connectivity index (χ2n) is 11.8. The first-order chi connectivity index (χ1) is 16.7. The zero-order chi connectivity index (χ0) is 26.3. The molecule has 2 fully saturated rings. The van der Waals surface area contributed by atoms with Gasteiger partial charge in [-0.3, -0.25) is 19.7 Å². The Morgan fingerprint density at radius 2 is 1.69 bits per heavy atom. The van der Waals surface area contributed by atoms with Gasteiger partial charge in [-0.15, -0.1) is 0 Å². The first-order valence-corrected chi connectivity index (χ1v) is 15.2. The lowest BCUT2D eigenvalue weighted by atomic mass is 9.71. The smallest absolute Gasteiger partial charge is 0.277 e. The van der Waals surface area contributed by atoms with Gasteiger partial charge < -0.3 is 9.16 Å². The Balaban J connectivity index is 1.50. The van der Waals surface area contributed by atoms with Crippen molar-refractivity contribution in [3.63, 3.8) is 0 Å². The summed E-state index contributed by atoms with van der Waals surface area (Å²) in [6.45, 7) is 13.2. The molecule has 4 unspecified atom stereocenters. The van der Waals surface area contributed by atoms with Crippen molar-refractivity contribution in [3.8, 4) is 0 Å². The van der Waals surface area contributed by atoms with E-state index in [9.17, 15) is 19.7 Å². The molecule has 0 spiro atoms. The maximum Gasteiger partial charge on any atom is 0.277 e. The predicted octanol–water partition coefficient (Wildman–Crippen LogP) is 5.36. The number of hydrogen-bond donors (Lipinski definition) is 0. The maximum atomic E-state index is 13.9. The minimum atomic E-state index is -2.00. The van der Waals surface area contributed by atoms with E-state index in [1.807, 2.05) is 19.1 Å². The number of hydrogen-bond acceptors (Lipinski definition) is 6. The van der Waals surface area contributed by atoms with Crippen molar-refractivity contribution in [2.24, 2.45) is 11.8 Å². The van der Waals surface area contributed by atoms with E-state index in [0.29, 0.717) is 29.5 Å². The van der Waals surface area contributed by atoms with Crippen molar-refractivity contribution in [3.05, 3.63) is 58.7 Å².